The van der Waals surface area contributed by atoms with Crippen LogP contribution in [0.1, 0.15) is 37.0 Å². The number of benzene rings is 1. The quantitative estimate of drug-likeness (QED) is 0.594. The predicted molar refractivity (Wildman–Crippen MR) is 99.1 cm³/mol. The molecule has 25 heavy (non-hydrogen) atoms. The van der Waals surface area contributed by atoms with Crippen LogP contribution in [-0.4, -0.2) is 53.4 Å². The van der Waals surface area contributed by atoms with Gasteiger partial charge in [0.05, 0.1) is 18.1 Å². The maximum absolute atomic E-state index is 13.1. The standard InChI is InChI=1S/C19H25NO4S/c1-13(2)8-9-25-17-7-5-4-6-16(17)19(23)20-12-15(24-3)10-14(20)11-18(21)22/h4-8,14-15H,9-12H2,1-3H3,(H,21,22). The van der Waals surface area contributed by atoms with E-state index in [2.05, 4.69) is 6.08 Å². The molecular formula is C19H25NO4S. The van der Waals surface area contributed by atoms with Gasteiger partial charge in [0.1, 0.15) is 0 Å². The van der Waals surface area contributed by atoms with E-state index in [1.807, 2.05) is 38.1 Å². The smallest absolute Gasteiger partial charge is 0.305 e. The van der Waals surface area contributed by atoms with E-state index >= 15 is 0 Å². The summed E-state index contributed by atoms with van der Waals surface area (Å²) in [6.45, 7) is 4.52. The van der Waals surface area contributed by atoms with E-state index in [4.69, 9.17) is 9.84 Å². The molecule has 1 N–H and O–H groups in total. The first-order valence-electron chi connectivity index (χ1n) is 8.33. The van der Waals surface area contributed by atoms with Crippen molar-refractivity contribution < 1.29 is 19.4 Å². The Morgan fingerprint density at radius 2 is 2.08 bits per heavy atom. The maximum atomic E-state index is 13.1. The summed E-state index contributed by atoms with van der Waals surface area (Å²) in [7, 11) is 1.60. The van der Waals surface area contributed by atoms with Crippen LogP contribution in [0.3, 0.4) is 0 Å². The van der Waals surface area contributed by atoms with Crippen LogP contribution >= 0.6 is 11.8 Å². The fourth-order valence-electron chi connectivity index (χ4n) is 2.91. The summed E-state index contributed by atoms with van der Waals surface area (Å²) in [5.74, 6) is -0.219. The summed E-state index contributed by atoms with van der Waals surface area (Å²) in [6.07, 6.45) is 2.51. The molecule has 1 amide bonds. The van der Waals surface area contributed by atoms with Crippen molar-refractivity contribution >= 4 is 23.6 Å². The highest BCUT2D eigenvalue weighted by molar-refractivity contribution is 7.99. The monoisotopic (exact) mass is 363 g/mol. The number of hydrogen-bond donors (Lipinski definition) is 1. The van der Waals surface area contributed by atoms with E-state index in [0.29, 0.717) is 18.5 Å². The van der Waals surface area contributed by atoms with E-state index in [-0.39, 0.29) is 24.5 Å². The van der Waals surface area contributed by atoms with E-state index in [9.17, 15) is 9.59 Å². The third kappa shape index (κ3) is 5.34. The molecule has 1 saturated heterocycles. The number of carbonyl (C=O) groups excluding carboxylic acids is 1. The minimum atomic E-state index is -0.897. The molecular weight excluding hydrogens is 338 g/mol. The van der Waals surface area contributed by atoms with Gasteiger partial charge in [-0.15, -0.1) is 11.8 Å². The van der Waals surface area contributed by atoms with Crippen molar-refractivity contribution in [1.82, 2.24) is 4.90 Å². The van der Waals surface area contributed by atoms with Crippen molar-refractivity contribution in [3.05, 3.63) is 41.5 Å². The van der Waals surface area contributed by atoms with Crippen LogP contribution < -0.4 is 0 Å². The Balaban J connectivity index is 2.20. The molecule has 1 aromatic rings. The summed E-state index contributed by atoms with van der Waals surface area (Å²) >= 11 is 1.61. The molecule has 1 aromatic carbocycles. The molecule has 0 radical (unpaired) electrons. The minimum Gasteiger partial charge on any atom is -0.481 e. The number of methoxy groups -OCH3 is 1. The highest BCUT2D eigenvalue weighted by Gasteiger charge is 2.37. The van der Waals surface area contributed by atoms with Crippen LogP contribution in [-0.2, 0) is 9.53 Å². The molecule has 1 heterocycles. The molecule has 136 valence electrons. The van der Waals surface area contributed by atoms with Gasteiger partial charge in [-0.1, -0.05) is 23.8 Å². The van der Waals surface area contributed by atoms with Crippen LogP contribution in [0.25, 0.3) is 0 Å². The molecule has 1 aliphatic rings. The summed E-state index contributed by atoms with van der Waals surface area (Å²) in [5.41, 5.74) is 1.86. The van der Waals surface area contributed by atoms with Crippen LogP contribution in [0, 0.1) is 0 Å². The van der Waals surface area contributed by atoms with Crippen molar-refractivity contribution in [2.45, 2.75) is 43.7 Å². The first kappa shape index (κ1) is 19.5. The van der Waals surface area contributed by atoms with E-state index < -0.39 is 5.97 Å². The number of amides is 1. The summed E-state index contributed by atoms with van der Waals surface area (Å²) in [5, 5.41) is 9.14. The number of thioether (sulfide) groups is 1. The van der Waals surface area contributed by atoms with Gasteiger partial charge in [0, 0.05) is 30.3 Å². The zero-order valence-corrected chi connectivity index (χ0v) is 15.7. The van der Waals surface area contributed by atoms with Crippen LogP contribution in [0.5, 0.6) is 0 Å². The lowest BCUT2D eigenvalue weighted by Gasteiger charge is -2.24. The highest BCUT2D eigenvalue weighted by atomic mass is 32.2. The second-order valence-electron chi connectivity index (χ2n) is 6.39. The number of hydrogen-bond acceptors (Lipinski definition) is 4. The zero-order valence-electron chi connectivity index (χ0n) is 14.9. The number of aliphatic carboxylic acids is 1. The molecule has 1 fully saturated rings. The van der Waals surface area contributed by atoms with Crippen molar-refractivity contribution in [1.29, 1.82) is 0 Å². The average molecular weight is 363 g/mol. The van der Waals surface area contributed by atoms with Gasteiger partial charge >= 0.3 is 5.97 Å². The van der Waals surface area contributed by atoms with Gasteiger partial charge in [-0.25, -0.2) is 0 Å². The second-order valence-corrected chi connectivity index (χ2v) is 7.45. The first-order chi connectivity index (χ1) is 11.9. The molecule has 5 nitrogen and oxygen atoms in total. The topological polar surface area (TPSA) is 66.8 Å². The molecule has 2 rings (SSSR count). The maximum Gasteiger partial charge on any atom is 0.305 e. The molecule has 0 aromatic heterocycles. The Labute approximate surface area is 153 Å². The normalized spacial score (nSPS) is 19.7. The molecule has 0 bridgehead atoms. The first-order valence-corrected chi connectivity index (χ1v) is 9.31. The van der Waals surface area contributed by atoms with Gasteiger partial charge < -0.3 is 14.7 Å². The Hall–Kier alpha value is -1.79. The molecule has 2 unspecified atom stereocenters. The van der Waals surface area contributed by atoms with Crippen molar-refractivity contribution in [3.8, 4) is 0 Å². The molecule has 6 heteroatoms. The summed E-state index contributed by atoms with van der Waals surface area (Å²) in [6, 6.07) is 7.18. The van der Waals surface area contributed by atoms with E-state index in [0.717, 1.165) is 10.6 Å². The molecule has 1 aliphatic heterocycles. The van der Waals surface area contributed by atoms with Crippen LogP contribution in [0.15, 0.2) is 40.8 Å². The van der Waals surface area contributed by atoms with Crippen molar-refractivity contribution in [2.24, 2.45) is 0 Å². The number of nitrogens with zero attached hydrogens (tertiary/aromatic N) is 1. The number of carboxylic acid groups (broad SMARTS) is 1. The summed E-state index contributed by atoms with van der Waals surface area (Å²) < 4.78 is 5.36. The molecule has 2 atom stereocenters. The fourth-order valence-corrected chi connectivity index (χ4v) is 3.99. The molecule has 0 saturated carbocycles. The largest absolute Gasteiger partial charge is 0.481 e. The Morgan fingerprint density at radius 1 is 1.36 bits per heavy atom. The van der Waals surface area contributed by atoms with Gasteiger partial charge in [-0.3, -0.25) is 9.59 Å². The number of allylic oxidation sites excluding steroid dienone is 1. The minimum absolute atomic E-state index is 0.0569. The Bertz CT molecular complexity index is 655. The van der Waals surface area contributed by atoms with E-state index in [1.165, 1.54) is 5.57 Å². The number of likely N-dealkylation sites (tertiary alicyclic amines) is 1. The zero-order chi connectivity index (χ0) is 18.4. The number of rotatable bonds is 7. The Morgan fingerprint density at radius 3 is 2.72 bits per heavy atom. The van der Waals surface area contributed by atoms with Gasteiger partial charge in [0.2, 0.25) is 0 Å². The number of carbonyl (C=O) groups is 2. The highest BCUT2D eigenvalue weighted by Crippen LogP contribution is 2.29. The average Bonchev–Trinajstić information content (AvgIpc) is 2.96. The molecule has 0 aliphatic carbocycles. The fraction of sp³-hybridized carbons (Fsp3) is 0.474. The lowest BCUT2D eigenvalue weighted by Crippen LogP contribution is -2.37. The lowest BCUT2D eigenvalue weighted by atomic mass is 10.1. The predicted octanol–water partition coefficient (Wildman–Crippen LogP) is 3.45. The molecule has 0 spiro atoms. The lowest BCUT2D eigenvalue weighted by molar-refractivity contribution is -0.137. The summed E-state index contributed by atoms with van der Waals surface area (Å²) in [4.78, 5) is 26.8. The third-order valence-corrected chi connectivity index (χ3v) is 5.23. The van der Waals surface area contributed by atoms with Crippen molar-refractivity contribution in [2.75, 3.05) is 19.4 Å². The number of ether oxygens (including phenoxy) is 1. The van der Waals surface area contributed by atoms with Crippen LogP contribution in [0.2, 0.25) is 0 Å². The third-order valence-electron chi connectivity index (χ3n) is 4.23. The van der Waals surface area contributed by atoms with Gasteiger partial charge in [0.25, 0.3) is 5.91 Å². The van der Waals surface area contributed by atoms with Crippen LogP contribution in [0.4, 0.5) is 0 Å². The Kier molecular flexibility index (Phi) is 7.08. The van der Waals surface area contributed by atoms with E-state index in [1.54, 1.807) is 23.8 Å². The second kappa shape index (κ2) is 9.06. The van der Waals surface area contributed by atoms with Crippen molar-refractivity contribution in [3.63, 3.8) is 0 Å². The SMILES string of the molecule is COC1CC(CC(=O)O)N(C(=O)c2ccccc2SCC=C(C)C)C1. The van der Waals surface area contributed by atoms with Gasteiger partial charge in [0.15, 0.2) is 0 Å². The van der Waals surface area contributed by atoms with Gasteiger partial charge in [-0.05, 0) is 32.4 Å². The number of carboxylic acids is 1. The van der Waals surface area contributed by atoms with Gasteiger partial charge in [-0.2, -0.15) is 0 Å².